The molecule has 2 unspecified atom stereocenters. The molecule has 0 radical (unpaired) electrons. The molecule has 2 aromatic carbocycles. The molecule has 206 valence electrons. The van der Waals surface area contributed by atoms with Crippen molar-refractivity contribution in [1.29, 1.82) is 0 Å². The normalized spacial score (nSPS) is 22.8. The SMILES string of the molecule is CC1(C)CCC(NCc2ccc(CN(CC3Cc4ccccc4CN3)C3CCCc4cccnc43)cc2)CC1. The van der Waals surface area contributed by atoms with Crippen molar-refractivity contribution in [2.24, 2.45) is 5.41 Å². The number of hydrogen-bond donors (Lipinski definition) is 2. The second-order valence-electron chi connectivity index (χ2n) is 13.1. The molecule has 1 aromatic heterocycles. The van der Waals surface area contributed by atoms with Crippen LogP contribution in [0.3, 0.4) is 0 Å². The highest BCUT2D eigenvalue weighted by molar-refractivity contribution is 5.31. The fraction of sp³-hybridized carbons (Fsp3) is 0.514. The third-order valence-electron chi connectivity index (χ3n) is 9.57. The van der Waals surface area contributed by atoms with Crippen molar-refractivity contribution in [3.05, 3.63) is 100 Å². The molecule has 1 fully saturated rings. The molecule has 1 aliphatic heterocycles. The Kier molecular flexibility index (Phi) is 8.15. The van der Waals surface area contributed by atoms with Crippen molar-refractivity contribution in [3.63, 3.8) is 0 Å². The lowest BCUT2D eigenvalue weighted by atomic mass is 9.75. The van der Waals surface area contributed by atoms with Crippen molar-refractivity contribution in [3.8, 4) is 0 Å². The first-order chi connectivity index (χ1) is 19.0. The molecular formula is C35H46N4. The Morgan fingerprint density at radius 3 is 2.46 bits per heavy atom. The number of aromatic nitrogens is 1. The molecule has 2 heterocycles. The first-order valence-corrected chi connectivity index (χ1v) is 15.3. The van der Waals surface area contributed by atoms with Crippen LogP contribution in [-0.2, 0) is 32.5 Å². The fourth-order valence-electron chi connectivity index (χ4n) is 7.04. The molecule has 4 heteroatoms. The smallest absolute Gasteiger partial charge is 0.0607 e. The van der Waals surface area contributed by atoms with Crippen LogP contribution >= 0.6 is 0 Å². The quantitative estimate of drug-likeness (QED) is 0.344. The monoisotopic (exact) mass is 522 g/mol. The van der Waals surface area contributed by atoms with Gasteiger partial charge in [-0.05, 0) is 90.7 Å². The predicted molar refractivity (Wildman–Crippen MR) is 160 cm³/mol. The Bertz CT molecular complexity index is 1220. The number of pyridine rings is 1. The number of fused-ring (bicyclic) bond motifs is 2. The summed E-state index contributed by atoms with van der Waals surface area (Å²) in [5.41, 5.74) is 9.01. The lowest BCUT2D eigenvalue weighted by Crippen LogP contribution is -2.46. The third kappa shape index (κ3) is 6.62. The summed E-state index contributed by atoms with van der Waals surface area (Å²) < 4.78 is 0. The van der Waals surface area contributed by atoms with Gasteiger partial charge in [0.05, 0.1) is 11.7 Å². The molecule has 0 saturated heterocycles. The number of benzene rings is 2. The van der Waals surface area contributed by atoms with Crippen LogP contribution in [0.4, 0.5) is 0 Å². The standard InChI is InChI=1S/C35H46N4/c1-35(2)18-16-31(17-19-35)37-22-26-12-14-27(15-13-26)24-39(33-11-5-9-28-10-6-20-36-34(28)33)25-32-21-29-7-3-4-8-30(29)23-38-32/h3-4,6-8,10,12-15,20,31-33,37-38H,5,9,11,16-19,21-25H2,1-2H3. The van der Waals surface area contributed by atoms with Crippen molar-refractivity contribution >= 4 is 0 Å². The summed E-state index contributed by atoms with van der Waals surface area (Å²) >= 11 is 0. The molecule has 6 rings (SSSR count). The van der Waals surface area contributed by atoms with Crippen molar-refractivity contribution in [2.45, 2.75) is 103 Å². The van der Waals surface area contributed by atoms with Crippen LogP contribution < -0.4 is 10.6 Å². The molecule has 39 heavy (non-hydrogen) atoms. The van der Waals surface area contributed by atoms with Gasteiger partial charge in [-0.2, -0.15) is 0 Å². The second-order valence-corrected chi connectivity index (χ2v) is 13.1. The summed E-state index contributed by atoms with van der Waals surface area (Å²) in [6.07, 6.45) is 11.9. The van der Waals surface area contributed by atoms with E-state index in [0.29, 0.717) is 23.5 Å². The second kappa shape index (κ2) is 11.9. The minimum Gasteiger partial charge on any atom is -0.310 e. The van der Waals surface area contributed by atoms with Crippen LogP contribution in [-0.4, -0.2) is 28.5 Å². The highest BCUT2D eigenvalue weighted by atomic mass is 15.2. The summed E-state index contributed by atoms with van der Waals surface area (Å²) in [6, 6.07) is 24.2. The van der Waals surface area contributed by atoms with Gasteiger partial charge in [0.15, 0.2) is 0 Å². The van der Waals surface area contributed by atoms with Crippen molar-refractivity contribution in [1.82, 2.24) is 20.5 Å². The number of hydrogen-bond acceptors (Lipinski definition) is 4. The Balaban J connectivity index is 1.14. The van der Waals surface area contributed by atoms with Crippen molar-refractivity contribution < 1.29 is 0 Å². The van der Waals surface area contributed by atoms with Gasteiger partial charge >= 0.3 is 0 Å². The summed E-state index contributed by atoms with van der Waals surface area (Å²) in [4.78, 5) is 7.63. The lowest BCUT2D eigenvalue weighted by Gasteiger charge is -2.38. The Labute approximate surface area is 235 Å². The van der Waals surface area contributed by atoms with Crippen molar-refractivity contribution in [2.75, 3.05) is 6.54 Å². The van der Waals surface area contributed by atoms with Gasteiger partial charge in [0.2, 0.25) is 0 Å². The first-order valence-electron chi connectivity index (χ1n) is 15.3. The van der Waals surface area contributed by atoms with Gasteiger partial charge in [-0.3, -0.25) is 9.88 Å². The van der Waals surface area contributed by atoms with Crippen LogP contribution in [0.15, 0.2) is 66.9 Å². The Morgan fingerprint density at radius 2 is 1.64 bits per heavy atom. The number of aryl methyl sites for hydroxylation is 1. The Morgan fingerprint density at radius 1 is 0.897 bits per heavy atom. The molecule has 3 aliphatic rings. The molecule has 1 saturated carbocycles. The van der Waals surface area contributed by atoms with E-state index in [9.17, 15) is 0 Å². The highest BCUT2D eigenvalue weighted by Crippen LogP contribution is 2.36. The summed E-state index contributed by atoms with van der Waals surface area (Å²) in [6.45, 7) is 8.77. The number of nitrogens with one attached hydrogen (secondary N) is 2. The number of nitrogens with zero attached hydrogens (tertiary/aromatic N) is 2. The molecule has 0 bridgehead atoms. The van der Waals surface area contributed by atoms with E-state index in [2.05, 4.69) is 90.0 Å². The highest BCUT2D eigenvalue weighted by Gasteiger charge is 2.30. The molecular weight excluding hydrogens is 476 g/mol. The van der Waals surface area contributed by atoms with Gasteiger partial charge < -0.3 is 10.6 Å². The molecule has 4 nitrogen and oxygen atoms in total. The van der Waals surface area contributed by atoms with Gasteiger partial charge in [0.1, 0.15) is 0 Å². The van der Waals surface area contributed by atoms with E-state index >= 15 is 0 Å². The van der Waals surface area contributed by atoms with E-state index in [0.717, 1.165) is 39.0 Å². The van der Waals surface area contributed by atoms with Crippen LogP contribution in [0.2, 0.25) is 0 Å². The van der Waals surface area contributed by atoms with E-state index in [-0.39, 0.29) is 0 Å². The van der Waals surface area contributed by atoms with Crippen LogP contribution in [0.5, 0.6) is 0 Å². The lowest BCUT2D eigenvalue weighted by molar-refractivity contribution is 0.145. The number of rotatable bonds is 8. The molecule has 2 aliphatic carbocycles. The van der Waals surface area contributed by atoms with E-state index in [1.54, 1.807) is 0 Å². The van der Waals surface area contributed by atoms with Crippen LogP contribution in [0.1, 0.15) is 91.9 Å². The van der Waals surface area contributed by atoms with Gasteiger partial charge in [-0.15, -0.1) is 0 Å². The minimum absolute atomic E-state index is 0.380. The van der Waals surface area contributed by atoms with Gasteiger partial charge in [-0.25, -0.2) is 0 Å². The summed E-state index contributed by atoms with van der Waals surface area (Å²) in [5.74, 6) is 0. The van der Waals surface area contributed by atoms with Crippen LogP contribution in [0, 0.1) is 5.41 Å². The topological polar surface area (TPSA) is 40.2 Å². The third-order valence-corrected chi connectivity index (χ3v) is 9.57. The van der Waals surface area contributed by atoms with E-state index < -0.39 is 0 Å². The van der Waals surface area contributed by atoms with E-state index in [1.165, 1.54) is 72.0 Å². The summed E-state index contributed by atoms with van der Waals surface area (Å²) in [5, 5.41) is 7.68. The zero-order valence-electron chi connectivity index (χ0n) is 24.0. The zero-order valence-corrected chi connectivity index (χ0v) is 24.0. The zero-order chi connectivity index (χ0) is 26.7. The van der Waals surface area contributed by atoms with Crippen LogP contribution in [0.25, 0.3) is 0 Å². The average molecular weight is 523 g/mol. The molecule has 2 atom stereocenters. The maximum absolute atomic E-state index is 4.91. The Hall–Kier alpha value is -2.53. The maximum atomic E-state index is 4.91. The predicted octanol–water partition coefficient (Wildman–Crippen LogP) is 6.73. The van der Waals surface area contributed by atoms with Gasteiger partial charge in [-0.1, -0.05) is 68.4 Å². The molecule has 0 spiro atoms. The largest absolute Gasteiger partial charge is 0.310 e. The van der Waals surface area contributed by atoms with Gasteiger partial charge in [0.25, 0.3) is 0 Å². The molecule has 3 aromatic rings. The fourth-order valence-corrected chi connectivity index (χ4v) is 7.04. The maximum Gasteiger partial charge on any atom is 0.0607 e. The van der Waals surface area contributed by atoms with Gasteiger partial charge in [0, 0.05) is 44.5 Å². The van der Waals surface area contributed by atoms with E-state index in [1.807, 2.05) is 6.20 Å². The first kappa shape index (κ1) is 26.7. The molecule has 0 amide bonds. The minimum atomic E-state index is 0.380. The average Bonchev–Trinajstić information content (AvgIpc) is 2.97. The molecule has 2 N–H and O–H groups in total. The summed E-state index contributed by atoms with van der Waals surface area (Å²) in [7, 11) is 0. The van der Waals surface area contributed by atoms with E-state index in [4.69, 9.17) is 4.98 Å².